The van der Waals surface area contributed by atoms with Crippen LogP contribution in [-0.2, 0) is 14.8 Å². The van der Waals surface area contributed by atoms with Crippen molar-refractivity contribution in [1.82, 2.24) is 4.31 Å². The van der Waals surface area contributed by atoms with Crippen molar-refractivity contribution < 1.29 is 17.9 Å². The second-order valence-electron chi connectivity index (χ2n) is 5.13. The zero-order valence-corrected chi connectivity index (χ0v) is 15.1. The van der Waals surface area contributed by atoms with E-state index in [-0.39, 0.29) is 40.5 Å². The second-order valence-corrected chi connectivity index (χ2v) is 7.43. The number of hydrogen-bond acceptors (Lipinski definition) is 5. The van der Waals surface area contributed by atoms with Crippen molar-refractivity contribution in [3.05, 3.63) is 28.8 Å². The molecule has 2 rings (SSSR count). The summed E-state index contributed by atoms with van der Waals surface area (Å²) in [6.07, 6.45) is 2.44. The number of sulfonamides is 1. The van der Waals surface area contributed by atoms with E-state index in [0.717, 1.165) is 19.3 Å². The van der Waals surface area contributed by atoms with Gasteiger partial charge in [-0.3, -0.25) is 0 Å². The number of carbonyl (C=O) groups is 1. The second kappa shape index (κ2) is 8.30. The van der Waals surface area contributed by atoms with Crippen LogP contribution in [0.15, 0.2) is 23.1 Å². The summed E-state index contributed by atoms with van der Waals surface area (Å²) in [5.41, 5.74) is 5.64. The molecule has 1 saturated heterocycles. The Hall–Kier alpha value is -0.860. The van der Waals surface area contributed by atoms with E-state index in [1.54, 1.807) is 0 Å². The van der Waals surface area contributed by atoms with Crippen molar-refractivity contribution in [2.24, 2.45) is 5.73 Å². The Morgan fingerprint density at radius 1 is 1.43 bits per heavy atom. The lowest BCUT2D eigenvalue weighted by atomic mass is 10.1. The molecule has 23 heavy (non-hydrogen) atoms. The summed E-state index contributed by atoms with van der Waals surface area (Å²) in [5.74, 6) is -0.734. The van der Waals surface area contributed by atoms with Gasteiger partial charge < -0.3 is 10.5 Å². The van der Waals surface area contributed by atoms with Gasteiger partial charge in [-0.15, -0.1) is 12.4 Å². The molecule has 130 valence electrons. The SMILES string of the molecule is COC(=O)c1cc(Cl)ccc1S(=O)(=O)N1CCCCC1CN.Cl. The molecule has 0 amide bonds. The Balaban J connectivity index is 0.00000264. The van der Waals surface area contributed by atoms with Crippen LogP contribution in [0.4, 0.5) is 0 Å². The first kappa shape index (κ1) is 20.2. The number of esters is 1. The molecule has 0 aromatic heterocycles. The molecule has 0 spiro atoms. The van der Waals surface area contributed by atoms with E-state index in [1.165, 1.54) is 29.6 Å². The predicted octanol–water partition coefficient (Wildman–Crippen LogP) is 2.05. The molecule has 1 heterocycles. The monoisotopic (exact) mass is 382 g/mol. The van der Waals surface area contributed by atoms with E-state index in [2.05, 4.69) is 4.74 Å². The van der Waals surface area contributed by atoms with Crippen LogP contribution < -0.4 is 5.73 Å². The van der Waals surface area contributed by atoms with Crippen LogP contribution in [-0.4, -0.2) is 44.9 Å². The third-order valence-corrected chi connectivity index (χ3v) is 6.02. The quantitative estimate of drug-likeness (QED) is 0.804. The number of benzene rings is 1. The third kappa shape index (κ3) is 4.16. The molecular weight excluding hydrogens is 363 g/mol. The van der Waals surface area contributed by atoms with E-state index in [0.29, 0.717) is 6.54 Å². The Morgan fingerprint density at radius 2 is 2.13 bits per heavy atom. The molecule has 2 N–H and O–H groups in total. The highest BCUT2D eigenvalue weighted by Crippen LogP contribution is 2.29. The zero-order chi connectivity index (χ0) is 16.3. The average Bonchev–Trinajstić information content (AvgIpc) is 2.53. The zero-order valence-electron chi connectivity index (χ0n) is 12.7. The topological polar surface area (TPSA) is 89.7 Å². The minimum Gasteiger partial charge on any atom is -0.465 e. The Morgan fingerprint density at radius 3 is 2.74 bits per heavy atom. The normalized spacial score (nSPS) is 19.0. The van der Waals surface area contributed by atoms with E-state index in [9.17, 15) is 13.2 Å². The van der Waals surface area contributed by atoms with Gasteiger partial charge in [-0.1, -0.05) is 18.0 Å². The maximum Gasteiger partial charge on any atom is 0.339 e. The van der Waals surface area contributed by atoms with Crippen molar-refractivity contribution in [3.8, 4) is 0 Å². The van der Waals surface area contributed by atoms with Crippen LogP contribution in [0.5, 0.6) is 0 Å². The molecule has 1 aromatic rings. The summed E-state index contributed by atoms with van der Waals surface area (Å²) in [4.78, 5) is 11.8. The fourth-order valence-electron chi connectivity index (χ4n) is 2.65. The number of nitrogens with two attached hydrogens (primary N) is 1. The van der Waals surface area contributed by atoms with Gasteiger partial charge in [0, 0.05) is 24.2 Å². The van der Waals surface area contributed by atoms with Crippen molar-refractivity contribution in [2.45, 2.75) is 30.2 Å². The largest absolute Gasteiger partial charge is 0.465 e. The molecule has 1 fully saturated rings. The summed E-state index contributed by atoms with van der Waals surface area (Å²) in [7, 11) is -2.63. The predicted molar refractivity (Wildman–Crippen MR) is 90.6 cm³/mol. The summed E-state index contributed by atoms with van der Waals surface area (Å²) in [6.45, 7) is 0.647. The van der Waals surface area contributed by atoms with Crippen LogP contribution in [0.2, 0.25) is 5.02 Å². The smallest absolute Gasteiger partial charge is 0.339 e. The van der Waals surface area contributed by atoms with Gasteiger partial charge in [-0.05, 0) is 31.0 Å². The summed E-state index contributed by atoms with van der Waals surface area (Å²) in [5, 5.41) is 0.272. The van der Waals surface area contributed by atoms with E-state index in [1.807, 2.05) is 0 Å². The number of methoxy groups -OCH3 is 1. The number of rotatable bonds is 4. The fourth-order valence-corrected chi connectivity index (χ4v) is 4.69. The molecule has 0 aliphatic carbocycles. The minimum atomic E-state index is -3.83. The molecule has 6 nitrogen and oxygen atoms in total. The summed E-state index contributed by atoms with van der Waals surface area (Å²) in [6, 6.07) is 3.84. The average molecular weight is 383 g/mol. The van der Waals surface area contributed by atoms with Crippen molar-refractivity contribution in [2.75, 3.05) is 20.2 Å². The Bertz CT molecular complexity index is 667. The first-order chi connectivity index (χ1) is 10.4. The molecule has 1 aromatic carbocycles. The Labute approximate surface area is 147 Å². The van der Waals surface area contributed by atoms with Crippen molar-refractivity contribution >= 4 is 40.0 Å². The molecule has 0 saturated carbocycles. The molecule has 1 atom stereocenters. The van der Waals surface area contributed by atoms with Gasteiger partial charge in [-0.2, -0.15) is 4.31 Å². The van der Waals surface area contributed by atoms with Gasteiger partial charge in [0.25, 0.3) is 0 Å². The molecule has 9 heteroatoms. The highest BCUT2D eigenvalue weighted by Gasteiger charge is 2.35. The molecule has 1 unspecified atom stereocenters. The molecular formula is C14H20Cl2N2O4S. The number of carbonyl (C=O) groups excluding carboxylic acids is 1. The fraction of sp³-hybridized carbons (Fsp3) is 0.500. The highest BCUT2D eigenvalue weighted by molar-refractivity contribution is 7.89. The number of hydrogen-bond donors (Lipinski definition) is 1. The lowest BCUT2D eigenvalue weighted by Gasteiger charge is -2.34. The Kier molecular flexibility index (Phi) is 7.29. The lowest BCUT2D eigenvalue weighted by Crippen LogP contribution is -2.47. The van der Waals surface area contributed by atoms with E-state index >= 15 is 0 Å². The van der Waals surface area contributed by atoms with Crippen molar-refractivity contribution in [1.29, 1.82) is 0 Å². The number of halogens is 2. The molecule has 1 aliphatic rings. The number of nitrogens with zero attached hydrogens (tertiary/aromatic N) is 1. The first-order valence-corrected chi connectivity index (χ1v) is 8.83. The van der Waals surface area contributed by atoms with E-state index in [4.69, 9.17) is 17.3 Å². The van der Waals surface area contributed by atoms with Gasteiger partial charge in [-0.25, -0.2) is 13.2 Å². The molecule has 0 radical (unpaired) electrons. The van der Waals surface area contributed by atoms with Crippen LogP contribution in [0, 0.1) is 0 Å². The molecule has 0 bridgehead atoms. The van der Waals surface area contributed by atoms with Gasteiger partial charge >= 0.3 is 5.97 Å². The van der Waals surface area contributed by atoms with Gasteiger partial charge in [0.2, 0.25) is 10.0 Å². The maximum atomic E-state index is 12.9. The standard InChI is InChI=1S/C14H19ClN2O4S.ClH/c1-21-14(18)12-8-10(15)5-6-13(12)22(19,20)17-7-3-2-4-11(17)9-16;/h5-6,8,11H,2-4,7,9,16H2,1H3;1H. The van der Waals surface area contributed by atoms with Crippen molar-refractivity contribution in [3.63, 3.8) is 0 Å². The highest BCUT2D eigenvalue weighted by atomic mass is 35.5. The van der Waals surface area contributed by atoms with Crippen LogP contribution in [0.1, 0.15) is 29.6 Å². The number of piperidine rings is 1. The third-order valence-electron chi connectivity index (χ3n) is 3.78. The maximum absolute atomic E-state index is 12.9. The first-order valence-electron chi connectivity index (χ1n) is 7.01. The van der Waals surface area contributed by atoms with Crippen LogP contribution in [0.3, 0.4) is 0 Å². The summed E-state index contributed by atoms with van der Waals surface area (Å²) < 4.78 is 31.9. The summed E-state index contributed by atoms with van der Waals surface area (Å²) >= 11 is 5.87. The van der Waals surface area contributed by atoms with Crippen LogP contribution >= 0.6 is 24.0 Å². The lowest BCUT2D eigenvalue weighted by molar-refractivity contribution is 0.0596. The molecule has 1 aliphatic heterocycles. The van der Waals surface area contributed by atoms with E-state index < -0.39 is 16.0 Å². The van der Waals surface area contributed by atoms with Crippen LogP contribution in [0.25, 0.3) is 0 Å². The van der Waals surface area contributed by atoms with Gasteiger partial charge in [0.1, 0.15) is 0 Å². The van der Waals surface area contributed by atoms with Gasteiger partial charge in [0.05, 0.1) is 17.6 Å². The minimum absolute atomic E-state index is 0. The number of ether oxygens (including phenoxy) is 1. The van der Waals surface area contributed by atoms with Gasteiger partial charge in [0.15, 0.2) is 0 Å².